The molecule has 0 unspecified atom stereocenters. The molecule has 0 bridgehead atoms. The molecule has 6 rings (SSSR count). The molecule has 4 aromatic rings. The van der Waals surface area contributed by atoms with Gasteiger partial charge in [-0.25, -0.2) is 4.98 Å². The lowest BCUT2D eigenvalue weighted by Crippen LogP contribution is -2.50. The molecular weight excluding hydrogens is 530 g/mol. The van der Waals surface area contributed by atoms with Gasteiger partial charge in [-0.05, 0) is 76.0 Å². The third-order valence-corrected chi connectivity index (χ3v) is 8.48. The van der Waals surface area contributed by atoms with Gasteiger partial charge in [0.15, 0.2) is 5.82 Å². The van der Waals surface area contributed by atoms with Crippen LogP contribution < -0.4 is 22.3 Å². The van der Waals surface area contributed by atoms with Gasteiger partial charge in [-0.3, -0.25) is 9.36 Å². The summed E-state index contributed by atoms with van der Waals surface area (Å²) in [5, 5.41) is 13.5. The number of piperidine rings is 1. The number of aryl methyl sites for hydroxylation is 1. The van der Waals surface area contributed by atoms with E-state index >= 15 is 0 Å². The van der Waals surface area contributed by atoms with Crippen LogP contribution in [0.2, 0.25) is 0 Å². The van der Waals surface area contributed by atoms with E-state index in [4.69, 9.17) is 21.2 Å². The number of nitrogens with one attached hydrogen (secondary N) is 1. The van der Waals surface area contributed by atoms with E-state index in [1.807, 2.05) is 61.5 Å². The second-order valence-electron chi connectivity index (χ2n) is 11.4. The van der Waals surface area contributed by atoms with E-state index < -0.39 is 6.04 Å². The van der Waals surface area contributed by atoms with E-state index in [-0.39, 0.29) is 28.7 Å². The largest absolute Gasteiger partial charge is 0.382 e. The number of ether oxygens (including phenoxy) is 1. The normalized spacial score (nSPS) is 17.0. The molecule has 42 heavy (non-hydrogen) atoms. The molecule has 2 aromatic carbocycles. The van der Waals surface area contributed by atoms with Gasteiger partial charge in [0, 0.05) is 5.41 Å². The number of rotatable bonds is 8. The van der Waals surface area contributed by atoms with Crippen molar-refractivity contribution in [2.24, 2.45) is 5.41 Å². The first-order chi connectivity index (χ1) is 20.4. The first-order valence-electron chi connectivity index (χ1n) is 14.4. The summed E-state index contributed by atoms with van der Waals surface area (Å²) in [6.45, 7) is 6.88. The lowest BCUT2D eigenvalue weighted by atomic mass is 9.77. The van der Waals surface area contributed by atoms with E-state index in [1.165, 1.54) is 12.8 Å². The Balaban J connectivity index is 1.32. The van der Waals surface area contributed by atoms with Crippen LogP contribution >= 0.6 is 0 Å². The fourth-order valence-electron chi connectivity index (χ4n) is 6.05. The van der Waals surface area contributed by atoms with Gasteiger partial charge in [0.1, 0.15) is 23.3 Å². The Bertz CT molecular complexity index is 1700. The summed E-state index contributed by atoms with van der Waals surface area (Å²) in [4.78, 5) is 29.9. The molecule has 0 radical (unpaired) electrons. The van der Waals surface area contributed by atoms with Crippen molar-refractivity contribution in [3.8, 4) is 11.8 Å². The summed E-state index contributed by atoms with van der Waals surface area (Å²) in [7, 11) is 0. The third-order valence-electron chi connectivity index (χ3n) is 8.48. The SMILES string of the molecule is C[C@H](Nc1nc(N)nc(N)c1C#N)c1nc2cccc(CCCN3CCC4(CC3)COC4)c2c(=O)n1-c1ccccc1. The average Bonchev–Trinajstić information content (AvgIpc) is 2.97. The molecule has 1 spiro atoms. The number of nitrogen functional groups attached to an aromatic ring is 2. The molecule has 5 N–H and O–H groups in total. The zero-order valence-electron chi connectivity index (χ0n) is 23.7. The topological polar surface area (TPSA) is 161 Å². The third kappa shape index (κ3) is 5.26. The number of hydrogen-bond donors (Lipinski definition) is 3. The van der Waals surface area contributed by atoms with Gasteiger partial charge in [0.25, 0.3) is 5.56 Å². The fourth-order valence-corrected chi connectivity index (χ4v) is 6.05. The molecule has 11 nitrogen and oxygen atoms in total. The zero-order chi connectivity index (χ0) is 29.3. The van der Waals surface area contributed by atoms with Crippen molar-refractivity contribution < 1.29 is 4.74 Å². The Labute approximate surface area is 244 Å². The van der Waals surface area contributed by atoms with Gasteiger partial charge in [0.2, 0.25) is 5.95 Å². The number of fused-ring (bicyclic) bond motifs is 1. The lowest BCUT2D eigenvalue weighted by molar-refractivity contribution is -0.139. The minimum absolute atomic E-state index is 0.0163. The molecule has 216 valence electrons. The van der Waals surface area contributed by atoms with Gasteiger partial charge >= 0.3 is 0 Å². The minimum atomic E-state index is -0.532. The lowest BCUT2D eigenvalue weighted by Gasteiger charge is -2.47. The number of para-hydroxylation sites is 1. The van der Waals surface area contributed by atoms with Crippen LogP contribution in [0, 0.1) is 16.7 Å². The highest BCUT2D eigenvalue weighted by molar-refractivity contribution is 5.82. The van der Waals surface area contributed by atoms with E-state index in [0.29, 0.717) is 27.8 Å². The molecule has 0 amide bonds. The summed E-state index contributed by atoms with van der Waals surface area (Å²) in [6, 6.07) is 16.8. The average molecular weight is 566 g/mol. The number of anilines is 3. The smallest absolute Gasteiger partial charge is 0.266 e. The highest BCUT2D eigenvalue weighted by Gasteiger charge is 2.40. The molecule has 4 heterocycles. The number of likely N-dealkylation sites (tertiary alicyclic amines) is 1. The van der Waals surface area contributed by atoms with E-state index in [2.05, 4.69) is 20.2 Å². The molecule has 2 aliphatic rings. The van der Waals surface area contributed by atoms with E-state index in [9.17, 15) is 10.1 Å². The second kappa shape index (κ2) is 11.4. The maximum absolute atomic E-state index is 14.3. The van der Waals surface area contributed by atoms with Gasteiger partial charge in [-0.2, -0.15) is 15.2 Å². The fraction of sp³-hybridized carbons (Fsp3) is 0.387. The highest BCUT2D eigenvalue weighted by Crippen LogP contribution is 2.38. The van der Waals surface area contributed by atoms with Crippen LogP contribution in [0.5, 0.6) is 0 Å². The van der Waals surface area contributed by atoms with E-state index in [0.717, 1.165) is 51.3 Å². The number of nitriles is 1. The predicted molar refractivity (Wildman–Crippen MR) is 162 cm³/mol. The number of nitrogens with two attached hydrogens (primary N) is 2. The predicted octanol–water partition coefficient (Wildman–Crippen LogP) is 3.43. The van der Waals surface area contributed by atoms with Gasteiger partial charge in [0.05, 0.1) is 35.8 Å². The van der Waals surface area contributed by atoms with Crippen LogP contribution in [0.25, 0.3) is 16.6 Å². The molecule has 2 fully saturated rings. The maximum Gasteiger partial charge on any atom is 0.266 e. The van der Waals surface area contributed by atoms with E-state index in [1.54, 1.807) is 4.57 Å². The summed E-state index contributed by atoms with van der Waals surface area (Å²) in [6.07, 6.45) is 4.14. The standard InChI is InChI=1S/C31H35N9O2/c1-20(35-27-23(17-32)26(33)37-30(34)38-27)28-36-24-11-5-7-21(25(24)29(41)40(28)22-9-3-2-4-10-22)8-6-14-39-15-12-31(13-16-39)18-42-19-31/h2-5,7,9-11,20H,6,8,12-16,18-19H2,1H3,(H5,33,34,35,37,38)/t20-/m0/s1. The Morgan fingerprint density at radius 3 is 2.52 bits per heavy atom. The molecular formula is C31H35N9O2. The van der Waals surface area contributed by atoms with Crippen LogP contribution in [-0.4, -0.2) is 57.3 Å². The van der Waals surface area contributed by atoms with Crippen molar-refractivity contribution in [2.75, 3.05) is 49.6 Å². The molecule has 0 saturated carbocycles. The molecule has 2 saturated heterocycles. The first kappa shape index (κ1) is 27.6. The van der Waals surface area contributed by atoms with Gasteiger partial charge < -0.3 is 26.4 Å². The zero-order valence-corrected chi connectivity index (χ0v) is 23.7. The number of hydrogen-bond acceptors (Lipinski definition) is 10. The van der Waals surface area contributed by atoms with Crippen molar-refractivity contribution in [1.29, 1.82) is 5.26 Å². The minimum Gasteiger partial charge on any atom is -0.382 e. The van der Waals surface area contributed by atoms with Crippen molar-refractivity contribution in [3.63, 3.8) is 0 Å². The summed E-state index contributed by atoms with van der Waals surface area (Å²) in [5.41, 5.74) is 14.4. The molecule has 1 atom stereocenters. The quantitative estimate of drug-likeness (QED) is 0.289. The van der Waals surface area contributed by atoms with Crippen molar-refractivity contribution >= 4 is 28.5 Å². The molecule has 0 aliphatic carbocycles. The number of benzene rings is 2. The van der Waals surface area contributed by atoms with Crippen LogP contribution in [0.1, 0.15) is 49.2 Å². The van der Waals surface area contributed by atoms with Crippen LogP contribution in [0.4, 0.5) is 17.6 Å². The maximum atomic E-state index is 14.3. The molecule has 11 heteroatoms. The van der Waals surface area contributed by atoms with Gasteiger partial charge in [-0.1, -0.05) is 30.3 Å². The van der Waals surface area contributed by atoms with Crippen LogP contribution in [0.15, 0.2) is 53.3 Å². The van der Waals surface area contributed by atoms with Crippen molar-refractivity contribution in [2.45, 2.75) is 38.6 Å². The second-order valence-corrected chi connectivity index (χ2v) is 11.4. The highest BCUT2D eigenvalue weighted by atomic mass is 16.5. The summed E-state index contributed by atoms with van der Waals surface area (Å²) in [5.74, 6) is 0.583. The number of aromatic nitrogens is 4. The monoisotopic (exact) mass is 565 g/mol. The molecule has 2 aliphatic heterocycles. The van der Waals surface area contributed by atoms with Gasteiger partial charge in [-0.15, -0.1) is 0 Å². The Morgan fingerprint density at radius 2 is 1.83 bits per heavy atom. The van der Waals surface area contributed by atoms with Crippen LogP contribution in [-0.2, 0) is 11.2 Å². The summed E-state index contributed by atoms with van der Waals surface area (Å²) < 4.78 is 7.10. The Morgan fingerprint density at radius 1 is 1.07 bits per heavy atom. The van der Waals surface area contributed by atoms with Crippen molar-refractivity contribution in [3.05, 3.63) is 75.8 Å². The first-order valence-corrected chi connectivity index (χ1v) is 14.4. The van der Waals surface area contributed by atoms with Crippen LogP contribution in [0.3, 0.4) is 0 Å². The number of nitrogens with zero attached hydrogens (tertiary/aromatic N) is 6. The Kier molecular flexibility index (Phi) is 7.49. The van der Waals surface area contributed by atoms with Crippen molar-refractivity contribution in [1.82, 2.24) is 24.4 Å². The Hall–Kier alpha value is -4.53. The summed E-state index contributed by atoms with van der Waals surface area (Å²) >= 11 is 0. The molecule has 2 aromatic heterocycles.